The highest BCUT2D eigenvalue weighted by Gasteiger charge is 2.26. The summed E-state index contributed by atoms with van der Waals surface area (Å²) in [6.07, 6.45) is 0. The molecule has 11 aromatic carbocycles. The zero-order chi connectivity index (χ0) is 49.4. The van der Waals surface area contributed by atoms with Crippen molar-refractivity contribution in [1.29, 1.82) is 0 Å². The van der Waals surface area contributed by atoms with Gasteiger partial charge >= 0.3 is 0 Å². The number of para-hydroxylation sites is 6. The van der Waals surface area contributed by atoms with Gasteiger partial charge in [0.05, 0.1) is 39.0 Å². The molecule has 0 N–H and O–H groups in total. The van der Waals surface area contributed by atoms with Crippen LogP contribution in [0, 0.1) is 0 Å². The number of nitrogens with zero attached hydrogens (tertiary/aromatic N) is 5. The molecule has 15 aromatic rings. The second-order valence-electron chi connectivity index (χ2n) is 19.0. The van der Waals surface area contributed by atoms with Gasteiger partial charge in [0.2, 0.25) is 0 Å². The molecule has 6 nitrogen and oxygen atoms in total. The van der Waals surface area contributed by atoms with Gasteiger partial charge in [0, 0.05) is 54.6 Å². The van der Waals surface area contributed by atoms with E-state index in [0.29, 0.717) is 17.5 Å². The highest BCUT2D eigenvalue weighted by molar-refractivity contribution is 6.14. The van der Waals surface area contributed by atoms with E-state index in [4.69, 9.17) is 19.4 Å². The maximum Gasteiger partial charge on any atom is 0.166 e. The molecule has 0 saturated carbocycles. The summed E-state index contributed by atoms with van der Waals surface area (Å²) in [6.45, 7) is 0. The first-order valence-electron chi connectivity index (χ1n) is 25.4. The third-order valence-corrected chi connectivity index (χ3v) is 14.8. The smallest absolute Gasteiger partial charge is 0.166 e. The van der Waals surface area contributed by atoms with Crippen molar-refractivity contribution in [2.75, 3.05) is 0 Å². The van der Waals surface area contributed by atoms with Gasteiger partial charge in [0.25, 0.3) is 0 Å². The van der Waals surface area contributed by atoms with Crippen LogP contribution in [0.3, 0.4) is 0 Å². The zero-order valence-electron chi connectivity index (χ0n) is 40.5. The third kappa shape index (κ3) is 6.84. The summed E-state index contributed by atoms with van der Waals surface area (Å²) in [7, 11) is 0. The van der Waals surface area contributed by atoms with Crippen LogP contribution in [0.4, 0.5) is 0 Å². The second kappa shape index (κ2) is 17.3. The fraction of sp³-hybridized carbons (Fsp3) is 0. The number of furan rings is 1. The van der Waals surface area contributed by atoms with Crippen molar-refractivity contribution in [2.24, 2.45) is 0 Å². The van der Waals surface area contributed by atoms with E-state index in [-0.39, 0.29) is 0 Å². The average molecular weight is 958 g/mol. The predicted octanol–water partition coefficient (Wildman–Crippen LogP) is 18.0. The minimum atomic E-state index is 0.557. The molecule has 0 atom stereocenters. The largest absolute Gasteiger partial charge is 0.455 e. The van der Waals surface area contributed by atoms with Crippen LogP contribution in [0.15, 0.2) is 265 Å². The topological polar surface area (TPSA) is 61.7 Å². The average Bonchev–Trinajstić information content (AvgIpc) is 4.15. The van der Waals surface area contributed by atoms with E-state index in [1.165, 1.54) is 10.8 Å². The Morgan fingerprint density at radius 3 is 1.47 bits per heavy atom. The van der Waals surface area contributed by atoms with Crippen LogP contribution in [-0.2, 0) is 0 Å². The summed E-state index contributed by atoms with van der Waals surface area (Å²) in [4.78, 5) is 16.7. The van der Waals surface area contributed by atoms with E-state index in [0.717, 1.165) is 116 Å². The molecule has 0 aliphatic heterocycles. The van der Waals surface area contributed by atoms with Crippen LogP contribution in [0.2, 0.25) is 0 Å². The van der Waals surface area contributed by atoms with Crippen LogP contribution in [0.5, 0.6) is 0 Å². The minimum absolute atomic E-state index is 0.557. The summed E-state index contributed by atoms with van der Waals surface area (Å²) in [5, 5.41) is 6.83. The van der Waals surface area contributed by atoms with Crippen LogP contribution >= 0.6 is 0 Å². The maximum atomic E-state index is 6.60. The summed E-state index contributed by atoms with van der Waals surface area (Å²) in [6, 6.07) is 92.1. The number of hydrogen-bond donors (Lipinski definition) is 0. The zero-order valence-corrected chi connectivity index (χ0v) is 40.5. The lowest BCUT2D eigenvalue weighted by Gasteiger charge is -2.20. The Morgan fingerprint density at radius 1 is 0.280 bits per heavy atom. The number of hydrogen-bond acceptors (Lipinski definition) is 4. The van der Waals surface area contributed by atoms with Crippen LogP contribution in [-0.4, -0.2) is 24.1 Å². The van der Waals surface area contributed by atoms with Crippen molar-refractivity contribution in [2.45, 2.75) is 0 Å². The van der Waals surface area contributed by atoms with Gasteiger partial charge in [-0.05, 0) is 70.8 Å². The van der Waals surface area contributed by atoms with E-state index in [1.807, 2.05) is 30.3 Å². The Kier molecular flexibility index (Phi) is 9.78. The van der Waals surface area contributed by atoms with Gasteiger partial charge in [-0.3, -0.25) is 0 Å². The Bertz CT molecular complexity index is 4650. The third-order valence-electron chi connectivity index (χ3n) is 14.8. The molecule has 350 valence electrons. The lowest BCUT2D eigenvalue weighted by atomic mass is 9.96. The molecule has 0 bridgehead atoms. The molecule has 0 amide bonds. The fourth-order valence-corrected chi connectivity index (χ4v) is 11.5. The highest BCUT2D eigenvalue weighted by atomic mass is 16.3. The molecule has 75 heavy (non-hydrogen) atoms. The molecule has 0 unspecified atom stereocenters. The Morgan fingerprint density at radius 2 is 0.760 bits per heavy atom. The minimum Gasteiger partial charge on any atom is -0.455 e. The quantitative estimate of drug-likeness (QED) is 0.152. The molecule has 4 aromatic heterocycles. The van der Waals surface area contributed by atoms with Crippen molar-refractivity contribution in [3.63, 3.8) is 0 Å². The molecule has 0 fully saturated rings. The first-order valence-corrected chi connectivity index (χ1v) is 25.4. The molecular weight excluding hydrogens is 915 g/mol. The molecule has 15 rings (SSSR count). The van der Waals surface area contributed by atoms with Crippen molar-refractivity contribution in [1.82, 2.24) is 24.1 Å². The van der Waals surface area contributed by atoms with Gasteiger partial charge in [-0.2, -0.15) is 0 Å². The lowest BCUT2D eigenvalue weighted by molar-refractivity contribution is 0.670. The second-order valence-corrected chi connectivity index (χ2v) is 19.0. The molecule has 6 heteroatoms. The van der Waals surface area contributed by atoms with E-state index in [1.54, 1.807) is 0 Å². The standard InChI is InChI=1S/C69H43N5O/c1-4-21-44(22-5-1)48-31-20-39-62(73-58-36-14-10-27-51(58)52-28-11-15-37-59(52)73)64(48)69-71-67(46-25-8-3-9-26-46)70-68(72-69)56-35-18-32-49(45-23-6-2-7-24-45)65(56)74-60-38-16-12-29-53(60)57-43-47(41-42-61(57)74)50-33-19-34-55-54-30-13-17-40-63(54)75-66(50)55/h1-43H. The molecule has 0 aliphatic carbocycles. The van der Waals surface area contributed by atoms with E-state index >= 15 is 0 Å². The number of fused-ring (bicyclic) bond motifs is 9. The summed E-state index contributed by atoms with van der Waals surface area (Å²) in [5.41, 5.74) is 17.0. The number of aromatic nitrogens is 5. The Labute approximate surface area is 431 Å². The summed E-state index contributed by atoms with van der Waals surface area (Å²) >= 11 is 0. The van der Waals surface area contributed by atoms with Crippen molar-refractivity contribution < 1.29 is 4.42 Å². The number of rotatable bonds is 8. The van der Waals surface area contributed by atoms with Crippen molar-refractivity contribution in [3.8, 4) is 78.9 Å². The van der Waals surface area contributed by atoms with Crippen LogP contribution < -0.4 is 0 Å². The van der Waals surface area contributed by atoms with Crippen molar-refractivity contribution >= 4 is 65.6 Å². The first-order chi connectivity index (χ1) is 37.2. The normalized spacial score (nSPS) is 11.7. The van der Waals surface area contributed by atoms with Gasteiger partial charge in [-0.25, -0.2) is 15.0 Å². The molecule has 0 spiro atoms. The van der Waals surface area contributed by atoms with Gasteiger partial charge in [0.15, 0.2) is 17.5 Å². The summed E-state index contributed by atoms with van der Waals surface area (Å²) in [5.74, 6) is 1.70. The number of benzene rings is 11. The molecule has 4 heterocycles. The lowest BCUT2D eigenvalue weighted by Crippen LogP contribution is -2.07. The highest BCUT2D eigenvalue weighted by Crippen LogP contribution is 2.45. The predicted molar refractivity (Wildman–Crippen MR) is 308 cm³/mol. The van der Waals surface area contributed by atoms with Crippen LogP contribution in [0.1, 0.15) is 0 Å². The van der Waals surface area contributed by atoms with Gasteiger partial charge in [-0.1, -0.05) is 212 Å². The van der Waals surface area contributed by atoms with Crippen molar-refractivity contribution in [3.05, 3.63) is 261 Å². The molecular formula is C69H43N5O. The Hall–Kier alpha value is -10.2. The molecule has 0 aliphatic rings. The van der Waals surface area contributed by atoms with E-state index in [9.17, 15) is 0 Å². The molecule has 0 saturated heterocycles. The SMILES string of the molecule is c1ccc(-c2nc(-c3cccc(-c4ccccc4)c3-n3c4ccccc4c4cc(-c5cccc6c5oc5ccccc56)ccc43)nc(-c3c(-c4ccccc4)cccc3-n3c4ccccc4c4ccccc43)n2)cc1. The fourth-order valence-electron chi connectivity index (χ4n) is 11.5. The van der Waals surface area contributed by atoms with Gasteiger partial charge in [0.1, 0.15) is 11.2 Å². The monoisotopic (exact) mass is 957 g/mol. The Balaban J connectivity index is 1.03. The van der Waals surface area contributed by atoms with Gasteiger partial charge in [-0.15, -0.1) is 0 Å². The van der Waals surface area contributed by atoms with Gasteiger partial charge < -0.3 is 13.6 Å². The maximum absolute atomic E-state index is 6.60. The first kappa shape index (κ1) is 42.5. The summed E-state index contributed by atoms with van der Waals surface area (Å²) < 4.78 is 11.4. The van der Waals surface area contributed by atoms with E-state index < -0.39 is 0 Å². The molecule has 0 radical (unpaired) electrons. The van der Waals surface area contributed by atoms with Crippen LogP contribution in [0.25, 0.3) is 144 Å². The van der Waals surface area contributed by atoms with E-state index in [2.05, 4.69) is 240 Å².